The Balaban J connectivity index is 3.03. The molecule has 0 aliphatic rings. The van der Waals surface area contributed by atoms with Crippen molar-refractivity contribution < 1.29 is 38.9 Å². The van der Waals surface area contributed by atoms with E-state index in [0.717, 1.165) is 18.2 Å². The Hall–Kier alpha value is -1.57. The average molecular weight is 367 g/mol. The van der Waals surface area contributed by atoms with Crippen LogP contribution in [-0.2, 0) is 30.4 Å². The van der Waals surface area contributed by atoms with Gasteiger partial charge in [0.15, 0.2) is 0 Å². The summed E-state index contributed by atoms with van der Waals surface area (Å²) in [5.41, 5.74) is 0. The zero-order valence-electron chi connectivity index (χ0n) is 10.3. The zero-order valence-corrected chi connectivity index (χ0v) is 12.8. The second kappa shape index (κ2) is 4.97. The minimum Gasteiger partial charge on any atom is -0.282 e. The van der Waals surface area contributed by atoms with Gasteiger partial charge in [-0.2, -0.15) is 25.3 Å². The normalized spacial score (nSPS) is 13.4. The van der Waals surface area contributed by atoms with Crippen LogP contribution in [0.5, 0.6) is 0 Å². The molecule has 22 heavy (non-hydrogen) atoms. The Labute approximate surface area is 125 Å². The summed E-state index contributed by atoms with van der Waals surface area (Å²) in [5.74, 6) is 0. The van der Waals surface area contributed by atoms with Crippen LogP contribution in [0.3, 0.4) is 0 Å². The predicted octanol–water partition coefficient (Wildman–Crippen LogP) is 0.380. The van der Waals surface area contributed by atoms with E-state index < -0.39 is 50.4 Å². The molecule has 12 heteroatoms. The SMILES string of the molecule is O=S(=O)(O)c1cc(S(=O)(=O)O)c2cc(S(=O)(=O)O)c[c]c2c1. The maximum absolute atomic E-state index is 11.3. The fourth-order valence-corrected chi connectivity index (χ4v) is 3.52. The molecule has 1 radical (unpaired) electrons. The molecule has 0 saturated carbocycles. The zero-order chi connectivity index (χ0) is 16.9. The van der Waals surface area contributed by atoms with E-state index in [1.165, 1.54) is 0 Å². The van der Waals surface area contributed by atoms with E-state index in [1.807, 2.05) is 0 Å². The molecule has 0 aliphatic carbocycles. The van der Waals surface area contributed by atoms with E-state index in [9.17, 15) is 25.3 Å². The first kappa shape index (κ1) is 16.8. The van der Waals surface area contributed by atoms with Crippen LogP contribution in [0.4, 0.5) is 0 Å². The number of hydrogen-bond donors (Lipinski definition) is 3. The van der Waals surface area contributed by atoms with E-state index >= 15 is 0 Å². The molecule has 9 nitrogen and oxygen atoms in total. The molecule has 0 spiro atoms. The lowest BCUT2D eigenvalue weighted by atomic mass is 10.1. The van der Waals surface area contributed by atoms with Crippen molar-refractivity contribution in [2.45, 2.75) is 14.7 Å². The van der Waals surface area contributed by atoms with Crippen LogP contribution >= 0.6 is 0 Å². The standard InChI is InChI=1S/C10H7O9S3/c11-20(12,13)7-2-1-6-3-8(21(14,15)16)5-10(9(6)4-7)22(17,18)19/h2-5H,(H,11,12,13)(H,14,15,16)(H,17,18,19). The first-order valence-corrected chi connectivity index (χ1v) is 9.54. The number of hydrogen-bond acceptors (Lipinski definition) is 6. The van der Waals surface area contributed by atoms with Crippen LogP contribution < -0.4 is 0 Å². The number of benzene rings is 2. The molecular weight excluding hydrogens is 360 g/mol. The molecule has 119 valence electrons. The molecule has 0 heterocycles. The summed E-state index contributed by atoms with van der Waals surface area (Å²) in [5, 5.41) is -0.611. The first-order valence-electron chi connectivity index (χ1n) is 5.22. The van der Waals surface area contributed by atoms with Crippen LogP contribution in [0, 0.1) is 6.07 Å². The molecular formula is C10H7O9S3. The molecule has 0 aliphatic heterocycles. The summed E-state index contributed by atoms with van der Waals surface area (Å²) < 4.78 is 94.0. The molecule has 0 amide bonds. The van der Waals surface area contributed by atoms with Crippen molar-refractivity contribution in [1.29, 1.82) is 0 Å². The van der Waals surface area contributed by atoms with Crippen LogP contribution in [-0.4, -0.2) is 38.9 Å². The lowest BCUT2D eigenvalue weighted by Gasteiger charge is -2.08. The molecule has 2 rings (SSSR count). The third-order valence-electron chi connectivity index (χ3n) is 2.65. The van der Waals surface area contributed by atoms with E-state index in [0.29, 0.717) is 6.07 Å². The largest absolute Gasteiger partial charge is 0.295 e. The van der Waals surface area contributed by atoms with Gasteiger partial charge in [0.05, 0.1) is 9.79 Å². The molecule has 0 bridgehead atoms. The Kier molecular flexibility index (Phi) is 3.80. The lowest BCUT2D eigenvalue weighted by Crippen LogP contribution is -2.05. The monoisotopic (exact) mass is 367 g/mol. The summed E-state index contributed by atoms with van der Waals surface area (Å²) in [6.45, 7) is 0. The van der Waals surface area contributed by atoms with E-state index in [-0.39, 0.29) is 5.39 Å². The van der Waals surface area contributed by atoms with Crippen molar-refractivity contribution in [3.05, 3.63) is 30.3 Å². The highest BCUT2D eigenvalue weighted by Crippen LogP contribution is 2.29. The first-order chi connectivity index (χ1) is 9.80. The molecule has 0 aromatic heterocycles. The Morgan fingerprint density at radius 1 is 0.727 bits per heavy atom. The highest BCUT2D eigenvalue weighted by atomic mass is 32.2. The molecule has 0 unspecified atom stereocenters. The number of rotatable bonds is 3. The van der Waals surface area contributed by atoms with Crippen LogP contribution in [0.15, 0.2) is 39.0 Å². The van der Waals surface area contributed by atoms with Gasteiger partial charge in [0.2, 0.25) is 0 Å². The molecule has 0 atom stereocenters. The molecule has 2 aromatic carbocycles. The van der Waals surface area contributed by atoms with Gasteiger partial charge < -0.3 is 0 Å². The smallest absolute Gasteiger partial charge is 0.282 e. The van der Waals surface area contributed by atoms with Gasteiger partial charge in [-0.05, 0) is 35.7 Å². The summed E-state index contributed by atoms with van der Waals surface area (Å²) in [6.07, 6.45) is 0. The third-order valence-corrected chi connectivity index (χ3v) is 5.20. The second-order valence-corrected chi connectivity index (χ2v) is 8.38. The van der Waals surface area contributed by atoms with Crippen molar-refractivity contribution in [2.75, 3.05) is 0 Å². The van der Waals surface area contributed by atoms with Gasteiger partial charge in [-0.1, -0.05) is 0 Å². The summed E-state index contributed by atoms with van der Waals surface area (Å²) >= 11 is 0. The fourth-order valence-electron chi connectivity index (χ4n) is 1.71. The van der Waals surface area contributed by atoms with Crippen molar-refractivity contribution in [1.82, 2.24) is 0 Å². The van der Waals surface area contributed by atoms with E-state index in [4.69, 9.17) is 13.7 Å². The van der Waals surface area contributed by atoms with Gasteiger partial charge >= 0.3 is 0 Å². The van der Waals surface area contributed by atoms with Crippen LogP contribution in [0.1, 0.15) is 0 Å². The quantitative estimate of drug-likeness (QED) is 0.650. The maximum Gasteiger partial charge on any atom is 0.295 e. The number of fused-ring (bicyclic) bond motifs is 1. The maximum atomic E-state index is 11.3. The van der Waals surface area contributed by atoms with Crippen molar-refractivity contribution in [3.63, 3.8) is 0 Å². The van der Waals surface area contributed by atoms with Gasteiger partial charge in [0.1, 0.15) is 4.90 Å². The van der Waals surface area contributed by atoms with Gasteiger partial charge in [-0.3, -0.25) is 13.7 Å². The van der Waals surface area contributed by atoms with Gasteiger partial charge in [0, 0.05) is 5.39 Å². The Morgan fingerprint density at radius 3 is 1.73 bits per heavy atom. The highest BCUT2D eigenvalue weighted by molar-refractivity contribution is 7.87. The predicted molar refractivity (Wildman–Crippen MR) is 72.2 cm³/mol. The minimum absolute atomic E-state index is 0.213. The molecule has 3 N–H and O–H groups in total. The van der Waals surface area contributed by atoms with Crippen LogP contribution in [0.2, 0.25) is 0 Å². The lowest BCUT2D eigenvalue weighted by molar-refractivity contribution is 0.478. The minimum atomic E-state index is -4.95. The summed E-state index contributed by atoms with van der Waals surface area (Å²) in [6, 6.07) is 5.04. The third kappa shape index (κ3) is 3.26. The summed E-state index contributed by atoms with van der Waals surface area (Å²) in [7, 11) is -14.4. The highest BCUT2D eigenvalue weighted by Gasteiger charge is 2.22. The van der Waals surface area contributed by atoms with Gasteiger partial charge in [-0.25, -0.2) is 0 Å². The van der Waals surface area contributed by atoms with Gasteiger partial charge in [-0.15, -0.1) is 0 Å². The molecule has 0 fully saturated rings. The molecule has 2 aromatic rings. The Morgan fingerprint density at radius 2 is 1.27 bits per heavy atom. The van der Waals surface area contributed by atoms with Crippen LogP contribution in [0.25, 0.3) is 10.8 Å². The van der Waals surface area contributed by atoms with Crippen molar-refractivity contribution >= 4 is 41.1 Å². The topological polar surface area (TPSA) is 163 Å². The molecule has 0 saturated heterocycles. The summed E-state index contributed by atoms with van der Waals surface area (Å²) in [4.78, 5) is -2.49. The van der Waals surface area contributed by atoms with Crippen molar-refractivity contribution in [2.24, 2.45) is 0 Å². The van der Waals surface area contributed by atoms with E-state index in [2.05, 4.69) is 6.07 Å². The van der Waals surface area contributed by atoms with Gasteiger partial charge in [0.25, 0.3) is 30.4 Å². The Bertz CT molecular complexity index is 1080. The van der Waals surface area contributed by atoms with Crippen molar-refractivity contribution in [3.8, 4) is 0 Å². The van der Waals surface area contributed by atoms with E-state index in [1.54, 1.807) is 0 Å². The fraction of sp³-hybridized carbons (Fsp3) is 0. The average Bonchev–Trinajstić information content (AvgIpc) is 2.33. The second-order valence-electron chi connectivity index (χ2n) is 4.14.